The van der Waals surface area contributed by atoms with Gasteiger partial charge in [0.25, 0.3) is 0 Å². The molecular weight excluding hydrogens is 379 g/mol. The molecule has 0 bridgehead atoms. The van der Waals surface area contributed by atoms with Gasteiger partial charge in [-0.25, -0.2) is 4.98 Å². The first-order chi connectivity index (χ1) is 12.1. The number of benzene rings is 2. The van der Waals surface area contributed by atoms with Crippen LogP contribution in [0.2, 0.25) is 10.0 Å². The second kappa shape index (κ2) is 6.71. The minimum Gasteiger partial charge on any atom is -0.420 e. The van der Waals surface area contributed by atoms with Crippen molar-refractivity contribution < 1.29 is 4.42 Å². The van der Waals surface area contributed by atoms with E-state index in [1.54, 1.807) is 30.0 Å². The van der Waals surface area contributed by atoms with Crippen LogP contribution >= 0.6 is 35.0 Å². The fraction of sp³-hybridized carbons (Fsp3) is 0.118. The maximum Gasteiger partial charge on any atom is 0.249 e. The van der Waals surface area contributed by atoms with Crippen molar-refractivity contribution in [3.05, 3.63) is 58.4 Å². The molecule has 0 spiro atoms. The molecular formula is C17H12Cl2N4OS. The fourth-order valence-electron chi connectivity index (χ4n) is 2.46. The van der Waals surface area contributed by atoms with E-state index in [1.807, 2.05) is 35.9 Å². The van der Waals surface area contributed by atoms with Crippen LogP contribution in [0.4, 0.5) is 0 Å². The number of hydrogen-bond acceptors (Lipinski definition) is 5. The predicted octanol–water partition coefficient (Wildman–Crippen LogP) is 5.22. The van der Waals surface area contributed by atoms with Gasteiger partial charge >= 0.3 is 0 Å². The van der Waals surface area contributed by atoms with Crippen LogP contribution in [0.5, 0.6) is 0 Å². The zero-order valence-corrected chi connectivity index (χ0v) is 15.4. The molecule has 0 radical (unpaired) electrons. The normalized spacial score (nSPS) is 11.3. The van der Waals surface area contributed by atoms with Gasteiger partial charge in [-0.3, -0.25) is 0 Å². The highest BCUT2D eigenvalue weighted by atomic mass is 35.5. The Morgan fingerprint density at radius 1 is 1.12 bits per heavy atom. The Bertz CT molecular complexity index is 1060. The monoisotopic (exact) mass is 390 g/mol. The molecule has 0 amide bonds. The van der Waals surface area contributed by atoms with Crippen LogP contribution < -0.4 is 0 Å². The lowest BCUT2D eigenvalue weighted by atomic mass is 10.2. The first-order valence-corrected chi connectivity index (χ1v) is 9.18. The number of nitrogens with zero attached hydrogens (tertiary/aromatic N) is 4. The largest absolute Gasteiger partial charge is 0.420 e. The molecule has 25 heavy (non-hydrogen) atoms. The smallest absolute Gasteiger partial charge is 0.249 e. The lowest BCUT2D eigenvalue weighted by Crippen LogP contribution is -1.91. The van der Waals surface area contributed by atoms with Gasteiger partial charge in [-0.2, -0.15) is 0 Å². The first kappa shape index (κ1) is 16.4. The lowest BCUT2D eigenvalue weighted by Gasteiger charge is -2.00. The number of thioether (sulfide) groups is 1. The minimum atomic E-state index is 0.377. The summed E-state index contributed by atoms with van der Waals surface area (Å²) in [6, 6.07) is 13.2. The van der Waals surface area contributed by atoms with Gasteiger partial charge < -0.3 is 8.98 Å². The third-order valence-electron chi connectivity index (χ3n) is 3.70. The van der Waals surface area contributed by atoms with Gasteiger partial charge in [-0.05, 0) is 30.3 Å². The van der Waals surface area contributed by atoms with Crippen LogP contribution in [0.25, 0.3) is 22.5 Å². The van der Waals surface area contributed by atoms with E-state index in [4.69, 9.17) is 27.6 Å². The number of aryl methyl sites for hydroxylation is 1. The maximum atomic E-state index is 6.18. The number of rotatable bonds is 4. The Morgan fingerprint density at radius 2 is 1.96 bits per heavy atom. The van der Waals surface area contributed by atoms with Gasteiger partial charge in [0.15, 0.2) is 5.16 Å². The number of hydrogen-bond donors (Lipinski definition) is 0. The number of halogens is 2. The Balaban J connectivity index is 1.54. The van der Waals surface area contributed by atoms with Gasteiger partial charge in [0.05, 0.1) is 27.4 Å². The van der Waals surface area contributed by atoms with E-state index >= 15 is 0 Å². The van der Waals surface area contributed by atoms with E-state index in [9.17, 15) is 0 Å². The summed E-state index contributed by atoms with van der Waals surface area (Å²) in [5.41, 5.74) is 2.72. The average molecular weight is 391 g/mol. The molecule has 8 heteroatoms. The van der Waals surface area contributed by atoms with Crippen LogP contribution in [0.15, 0.2) is 52.0 Å². The zero-order valence-electron chi connectivity index (χ0n) is 13.1. The Hall–Kier alpha value is -2.02. The van der Waals surface area contributed by atoms with E-state index in [0.717, 1.165) is 16.2 Å². The van der Waals surface area contributed by atoms with Crippen molar-refractivity contribution in [2.24, 2.45) is 7.05 Å². The van der Waals surface area contributed by atoms with E-state index in [2.05, 4.69) is 15.2 Å². The fourth-order valence-corrected chi connectivity index (χ4v) is 3.78. The highest BCUT2D eigenvalue weighted by Gasteiger charge is 2.14. The number of imidazole rings is 1. The molecule has 0 fully saturated rings. The predicted molar refractivity (Wildman–Crippen MR) is 100 cm³/mol. The van der Waals surface area contributed by atoms with Crippen molar-refractivity contribution >= 4 is 46.0 Å². The standard InChI is InChI=1S/C17H12Cl2N4OS/c1-23-14-5-3-2-4-13(14)20-17(23)25-9-15-21-22-16(24-15)11-7-6-10(18)8-12(11)19/h2-8H,9H2,1H3. The van der Waals surface area contributed by atoms with Crippen molar-refractivity contribution in [2.45, 2.75) is 10.9 Å². The molecule has 0 aliphatic rings. The molecule has 5 nitrogen and oxygen atoms in total. The summed E-state index contributed by atoms with van der Waals surface area (Å²) in [6.07, 6.45) is 0. The average Bonchev–Trinajstić information content (AvgIpc) is 3.18. The minimum absolute atomic E-state index is 0.377. The molecule has 2 aromatic heterocycles. The second-order valence-corrected chi connectivity index (χ2v) is 7.14. The Labute approximate surface area is 158 Å². The number of fused-ring (bicyclic) bond motifs is 1. The Kier molecular flexibility index (Phi) is 4.41. The molecule has 126 valence electrons. The topological polar surface area (TPSA) is 56.7 Å². The Morgan fingerprint density at radius 3 is 2.76 bits per heavy atom. The molecule has 4 rings (SSSR count). The van der Waals surface area contributed by atoms with E-state index in [1.165, 1.54) is 0 Å². The summed E-state index contributed by atoms with van der Waals surface area (Å²) < 4.78 is 7.77. The summed E-state index contributed by atoms with van der Waals surface area (Å²) in [7, 11) is 1.99. The molecule has 0 atom stereocenters. The van der Waals surface area contributed by atoms with Crippen molar-refractivity contribution in [3.8, 4) is 11.5 Å². The van der Waals surface area contributed by atoms with Gasteiger partial charge in [0.2, 0.25) is 11.8 Å². The van der Waals surface area contributed by atoms with Gasteiger partial charge in [-0.15, -0.1) is 10.2 Å². The maximum absolute atomic E-state index is 6.18. The molecule has 2 heterocycles. The third kappa shape index (κ3) is 3.25. The third-order valence-corrected chi connectivity index (χ3v) is 5.26. The number of aromatic nitrogens is 4. The molecule has 0 N–H and O–H groups in total. The van der Waals surface area contributed by atoms with Gasteiger partial charge in [-0.1, -0.05) is 47.1 Å². The molecule has 0 saturated heterocycles. The SMILES string of the molecule is Cn1c(SCc2nnc(-c3ccc(Cl)cc3Cl)o2)nc2ccccc21. The summed E-state index contributed by atoms with van der Waals surface area (Å²) in [4.78, 5) is 4.62. The molecule has 4 aromatic rings. The second-order valence-electron chi connectivity index (χ2n) is 5.36. The van der Waals surface area contributed by atoms with Crippen molar-refractivity contribution in [1.82, 2.24) is 19.7 Å². The van der Waals surface area contributed by atoms with E-state index in [0.29, 0.717) is 33.1 Å². The van der Waals surface area contributed by atoms with Crippen LogP contribution in [0.1, 0.15) is 5.89 Å². The quantitative estimate of drug-likeness (QED) is 0.447. The summed E-state index contributed by atoms with van der Waals surface area (Å²) in [6.45, 7) is 0. The van der Waals surface area contributed by atoms with E-state index in [-0.39, 0.29) is 0 Å². The molecule has 0 aliphatic carbocycles. The molecule has 0 saturated carbocycles. The number of para-hydroxylation sites is 2. The highest BCUT2D eigenvalue weighted by molar-refractivity contribution is 7.98. The zero-order chi connectivity index (χ0) is 17.4. The van der Waals surface area contributed by atoms with Crippen LogP contribution in [0.3, 0.4) is 0 Å². The molecule has 0 unspecified atom stereocenters. The summed E-state index contributed by atoms with van der Waals surface area (Å²) in [5.74, 6) is 1.41. The van der Waals surface area contributed by atoms with Gasteiger partial charge in [0.1, 0.15) is 0 Å². The van der Waals surface area contributed by atoms with E-state index < -0.39 is 0 Å². The highest BCUT2D eigenvalue weighted by Crippen LogP contribution is 2.31. The van der Waals surface area contributed by atoms with Gasteiger partial charge in [0, 0.05) is 12.1 Å². The molecule has 2 aromatic carbocycles. The van der Waals surface area contributed by atoms with Crippen molar-refractivity contribution in [3.63, 3.8) is 0 Å². The van der Waals surface area contributed by atoms with Crippen molar-refractivity contribution in [1.29, 1.82) is 0 Å². The van der Waals surface area contributed by atoms with Crippen LogP contribution in [-0.4, -0.2) is 19.7 Å². The van der Waals surface area contributed by atoms with Crippen molar-refractivity contribution in [2.75, 3.05) is 0 Å². The summed E-state index contributed by atoms with van der Waals surface area (Å²) in [5, 5.41) is 10.1. The lowest BCUT2D eigenvalue weighted by molar-refractivity contribution is 0.528. The first-order valence-electron chi connectivity index (χ1n) is 7.44. The van der Waals surface area contributed by atoms with Crippen LogP contribution in [-0.2, 0) is 12.8 Å². The van der Waals surface area contributed by atoms with Crippen LogP contribution in [0, 0.1) is 0 Å². The summed E-state index contributed by atoms with van der Waals surface area (Å²) >= 11 is 13.6. The molecule has 0 aliphatic heterocycles.